The Balaban J connectivity index is 1.42. The van der Waals surface area contributed by atoms with Gasteiger partial charge in [-0.1, -0.05) is 12.1 Å². The Hall–Kier alpha value is -5.24. The Morgan fingerprint density at radius 2 is 1.50 bits per heavy atom. The lowest BCUT2D eigenvalue weighted by Crippen LogP contribution is -2.60. The second-order valence-electron chi connectivity index (χ2n) is 10.2. The highest BCUT2D eigenvalue weighted by Crippen LogP contribution is 2.29. The van der Waals surface area contributed by atoms with Crippen molar-refractivity contribution in [2.45, 2.75) is 30.2 Å². The van der Waals surface area contributed by atoms with Crippen LogP contribution in [0.15, 0.2) is 72.0 Å². The number of aromatic nitrogens is 3. The third kappa shape index (κ3) is 8.00. The molecule has 5 rings (SSSR count). The second kappa shape index (κ2) is 13.1. The maximum atomic E-state index is 13.7. The number of alkyl halides is 6. The standard InChI is InChI=1S/C28H23F6N7O6S/c29-27(30,31)46-17-3-1-16(2-4-17)11-38-26(43)22-15-40(23-14-37-21-13-36-12-20(25(35)42)24(21)39-23)9-10-41(22)48(44,45)19-7-5-18(6-8-19)47-28(32,33)34/h1-8,12-14,22H,9-11,15H2,(H2,35,42)(H,38,43)/t22-/m1/s1. The lowest BCUT2D eigenvalue weighted by Gasteiger charge is -2.40. The molecule has 1 aliphatic heterocycles. The Morgan fingerprint density at radius 3 is 2.08 bits per heavy atom. The molecule has 1 saturated heterocycles. The number of carbonyl (C=O) groups excluding carboxylic acids is 2. The van der Waals surface area contributed by atoms with Crippen LogP contribution in [0.4, 0.5) is 32.2 Å². The summed E-state index contributed by atoms with van der Waals surface area (Å²) >= 11 is 0. The van der Waals surface area contributed by atoms with Crippen LogP contribution in [0.1, 0.15) is 15.9 Å². The Kier molecular flexibility index (Phi) is 9.31. The highest BCUT2D eigenvalue weighted by molar-refractivity contribution is 7.89. The van der Waals surface area contributed by atoms with E-state index in [1.807, 2.05) is 0 Å². The monoisotopic (exact) mass is 699 g/mol. The summed E-state index contributed by atoms with van der Waals surface area (Å²) in [6, 6.07) is 6.58. The number of nitrogens with two attached hydrogens (primary N) is 1. The van der Waals surface area contributed by atoms with E-state index in [0.717, 1.165) is 40.7 Å². The quantitative estimate of drug-likeness (QED) is 0.248. The molecular formula is C28H23F6N7O6S. The first-order valence-electron chi connectivity index (χ1n) is 13.7. The van der Waals surface area contributed by atoms with E-state index in [0.29, 0.717) is 5.56 Å². The van der Waals surface area contributed by atoms with Gasteiger partial charge in [-0.25, -0.2) is 18.4 Å². The zero-order chi connectivity index (χ0) is 34.9. The highest BCUT2D eigenvalue weighted by Gasteiger charge is 2.41. The lowest BCUT2D eigenvalue weighted by atomic mass is 10.1. The van der Waals surface area contributed by atoms with E-state index in [-0.39, 0.29) is 48.6 Å². The Bertz CT molecular complexity index is 1930. The molecule has 48 heavy (non-hydrogen) atoms. The van der Waals surface area contributed by atoms with E-state index in [4.69, 9.17) is 5.73 Å². The Labute approximate surface area is 267 Å². The van der Waals surface area contributed by atoms with Gasteiger partial charge in [-0.05, 0) is 42.0 Å². The van der Waals surface area contributed by atoms with Crippen molar-refractivity contribution in [2.24, 2.45) is 5.73 Å². The molecule has 2 aromatic heterocycles. The number of ether oxygens (including phenoxy) is 2. The lowest BCUT2D eigenvalue weighted by molar-refractivity contribution is -0.275. The zero-order valence-corrected chi connectivity index (χ0v) is 25.0. The van der Waals surface area contributed by atoms with Crippen LogP contribution >= 0.6 is 0 Å². The smallest absolute Gasteiger partial charge is 0.406 e. The van der Waals surface area contributed by atoms with Crippen molar-refractivity contribution in [3.8, 4) is 11.5 Å². The summed E-state index contributed by atoms with van der Waals surface area (Å²) in [7, 11) is -4.50. The van der Waals surface area contributed by atoms with E-state index in [2.05, 4.69) is 29.7 Å². The number of amides is 2. The van der Waals surface area contributed by atoms with Crippen LogP contribution in [-0.2, 0) is 21.4 Å². The van der Waals surface area contributed by atoms with Crippen LogP contribution in [0.3, 0.4) is 0 Å². The first kappa shape index (κ1) is 34.1. The normalized spacial score (nSPS) is 16.0. The van der Waals surface area contributed by atoms with Crippen molar-refractivity contribution in [1.82, 2.24) is 24.6 Å². The van der Waals surface area contributed by atoms with Crippen molar-refractivity contribution in [3.63, 3.8) is 0 Å². The molecular weight excluding hydrogens is 676 g/mol. The Morgan fingerprint density at radius 1 is 0.896 bits per heavy atom. The largest absolute Gasteiger partial charge is 0.573 e. The number of rotatable bonds is 9. The summed E-state index contributed by atoms with van der Waals surface area (Å²) in [4.78, 5) is 39.2. The summed E-state index contributed by atoms with van der Waals surface area (Å²) in [6.45, 7) is -0.848. The van der Waals surface area contributed by atoms with Gasteiger partial charge < -0.3 is 25.4 Å². The fourth-order valence-electron chi connectivity index (χ4n) is 4.80. The number of fused-ring (bicyclic) bond motifs is 1. The number of primary amides is 1. The maximum Gasteiger partial charge on any atom is 0.573 e. The molecule has 20 heteroatoms. The fourth-order valence-corrected chi connectivity index (χ4v) is 6.37. The van der Waals surface area contributed by atoms with Crippen LogP contribution in [0.5, 0.6) is 11.5 Å². The molecule has 3 N–H and O–H groups in total. The van der Waals surface area contributed by atoms with Gasteiger partial charge in [-0.15, -0.1) is 26.3 Å². The third-order valence-electron chi connectivity index (χ3n) is 6.95. The second-order valence-corrected chi connectivity index (χ2v) is 12.0. The molecule has 0 unspecified atom stereocenters. The molecule has 3 heterocycles. The number of hydrogen-bond acceptors (Lipinski definition) is 10. The van der Waals surface area contributed by atoms with Crippen LogP contribution in [0, 0.1) is 0 Å². The number of nitrogens with zero attached hydrogens (tertiary/aromatic N) is 5. The molecule has 0 aliphatic carbocycles. The van der Waals surface area contributed by atoms with Gasteiger partial charge in [0.15, 0.2) is 0 Å². The molecule has 0 radical (unpaired) electrons. The molecule has 0 bridgehead atoms. The van der Waals surface area contributed by atoms with Gasteiger partial charge in [0.05, 0.1) is 22.9 Å². The number of benzene rings is 2. The van der Waals surface area contributed by atoms with Gasteiger partial charge in [0.1, 0.15) is 34.4 Å². The molecule has 13 nitrogen and oxygen atoms in total. The minimum absolute atomic E-state index is 0.0260. The number of pyridine rings is 1. The average molecular weight is 700 g/mol. The van der Waals surface area contributed by atoms with Crippen molar-refractivity contribution in [1.29, 1.82) is 0 Å². The number of sulfonamides is 1. The fraction of sp³-hybridized carbons (Fsp3) is 0.250. The molecule has 2 aromatic carbocycles. The van der Waals surface area contributed by atoms with E-state index >= 15 is 0 Å². The number of piperazine rings is 1. The summed E-state index contributed by atoms with van der Waals surface area (Å²) in [5.74, 6) is -2.62. The predicted octanol–water partition coefficient (Wildman–Crippen LogP) is 3.12. The van der Waals surface area contributed by atoms with Gasteiger partial charge in [-0.2, -0.15) is 4.31 Å². The van der Waals surface area contributed by atoms with Gasteiger partial charge in [0.2, 0.25) is 15.9 Å². The molecule has 0 spiro atoms. The number of anilines is 1. The zero-order valence-electron chi connectivity index (χ0n) is 24.2. The van der Waals surface area contributed by atoms with Crippen molar-refractivity contribution in [2.75, 3.05) is 24.5 Å². The van der Waals surface area contributed by atoms with E-state index in [9.17, 15) is 44.3 Å². The first-order valence-corrected chi connectivity index (χ1v) is 15.1. The molecule has 1 aliphatic rings. The van der Waals surface area contributed by atoms with Crippen molar-refractivity contribution < 1.29 is 53.8 Å². The van der Waals surface area contributed by atoms with Gasteiger partial charge >= 0.3 is 12.7 Å². The third-order valence-corrected chi connectivity index (χ3v) is 8.88. The summed E-state index contributed by atoms with van der Waals surface area (Å²) in [5.41, 5.74) is 6.13. The number of carbonyl (C=O) groups is 2. The van der Waals surface area contributed by atoms with Gasteiger partial charge in [0.25, 0.3) is 5.91 Å². The minimum atomic E-state index is -5.01. The predicted molar refractivity (Wildman–Crippen MR) is 154 cm³/mol. The first-order chi connectivity index (χ1) is 22.5. The van der Waals surface area contributed by atoms with Crippen LogP contribution in [0.25, 0.3) is 11.0 Å². The molecule has 0 saturated carbocycles. The van der Waals surface area contributed by atoms with Crippen LogP contribution in [0.2, 0.25) is 0 Å². The molecule has 1 atom stereocenters. The number of halogens is 6. The van der Waals surface area contributed by atoms with E-state index < -0.39 is 57.0 Å². The summed E-state index contributed by atoms with van der Waals surface area (Å²) in [5, 5.41) is 2.57. The van der Waals surface area contributed by atoms with Crippen molar-refractivity contribution in [3.05, 3.63) is 78.2 Å². The maximum absolute atomic E-state index is 13.7. The molecule has 4 aromatic rings. The van der Waals surface area contributed by atoms with Crippen molar-refractivity contribution >= 4 is 38.7 Å². The number of hydrogen-bond donors (Lipinski definition) is 2. The SMILES string of the molecule is NC(=O)c1cncc2ncc(N3CCN(S(=O)(=O)c4ccc(OC(F)(F)F)cc4)[C@@H](C(=O)NCc4ccc(OC(F)(F)F)cc4)C3)nc12. The van der Waals surface area contributed by atoms with Gasteiger partial charge in [0, 0.05) is 32.4 Å². The number of nitrogens with one attached hydrogen (secondary N) is 1. The summed E-state index contributed by atoms with van der Waals surface area (Å²) in [6.07, 6.45) is -6.02. The molecule has 254 valence electrons. The molecule has 2 amide bonds. The summed E-state index contributed by atoms with van der Waals surface area (Å²) < 4.78 is 111. The van der Waals surface area contributed by atoms with Gasteiger partial charge in [-0.3, -0.25) is 14.6 Å². The topological polar surface area (TPSA) is 170 Å². The highest BCUT2D eigenvalue weighted by atomic mass is 32.2. The van der Waals surface area contributed by atoms with E-state index in [1.165, 1.54) is 35.6 Å². The van der Waals surface area contributed by atoms with Crippen LogP contribution < -0.4 is 25.4 Å². The molecule has 1 fully saturated rings. The minimum Gasteiger partial charge on any atom is -0.406 e. The average Bonchev–Trinajstić information content (AvgIpc) is 3.02. The van der Waals surface area contributed by atoms with E-state index in [1.54, 1.807) is 0 Å². The van der Waals surface area contributed by atoms with Crippen LogP contribution in [-0.4, -0.2) is 77.9 Å².